The Morgan fingerprint density at radius 2 is 1.95 bits per heavy atom. The smallest absolute Gasteiger partial charge is 0.178 e. The van der Waals surface area contributed by atoms with Gasteiger partial charge in [0.25, 0.3) is 0 Å². The molecule has 0 heterocycles. The van der Waals surface area contributed by atoms with Crippen LogP contribution in [0.4, 0.5) is 5.69 Å². The molecule has 2 rings (SSSR count). The highest BCUT2D eigenvalue weighted by Gasteiger charge is 2.19. The molecular formula is C16H25NO3S. The summed E-state index contributed by atoms with van der Waals surface area (Å²) in [6, 6.07) is 6.98. The Hall–Kier alpha value is -1.07. The minimum atomic E-state index is -3.13. The topological polar surface area (TPSA) is 66.4 Å². The van der Waals surface area contributed by atoms with Gasteiger partial charge in [-0.05, 0) is 55.9 Å². The van der Waals surface area contributed by atoms with Crippen LogP contribution in [0.2, 0.25) is 0 Å². The zero-order chi connectivity index (χ0) is 15.3. The number of rotatable bonds is 6. The fourth-order valence-corrected chi connectivity index (χ4v) is 4.20. The quantitative estimate of drug-likeness (QED) is 0.848. The molecule has 0 amide bonds. The van der Waals surface area contributed by atoms with E-state index < -0.39 is 9.84 Å². The maximum absolute atomic E-state index is 11.9. The maximum atomic E-state index is 11.9. The van der Waals surface area contributed by atoms with Gasteiger partial charge in [0.15, 0.2) is 9.84 Å². The highest BCUT2D eigenvalue weighted by molar-refractivity contribution is 7.91. The van der Waals surface area contributed by atoms with E-state index in [1.54, 1.807) is 12.1 Å². The lowest BCUT2D eigenvalue weighted by Crippen LogP contribution is -2.24. The molecule has 0 radical (unpaired) electrons. The number of benzene rings is 1. The van der Waals surface area contributed by atoms with Gasteiger partial charge in [-0.1, -0.05) is 13.3 Å². The van der Waals surface area contributed by atoms with Crippen LogP contribution in [0.3, 0.4) is 0 Å². The van der Waals surface area contributed by atoms with Gasteiger partial charge in [0.1, 0.15) is 0 Å². The molecule has 1 saturated carbocycles. The van der Waals surface area contributed by atoms with Crippen LogP contribution in [0.1, 0.15) is 39.0 Å². The van der Waals surface area contributed by atoms with Crippen molar-refractivity contribution < 1.29 is 13.5 Å². The molecule has 1 aromatic carbocycles. The summed E-state index contributed by atoms with van der Waals surface area (Å²) in [7, 11) is -3.13. The zero-order valence-electron chi connectivity index (χ0n) is 12.6. The molecular weight excluding hydrogens is 286 g/mol. The first-order valence-electron chi connectivity index (χ1n) is 7.76. The van der Waals surface area contributed by atoms with Gasteiger partial charge >= 0.3 is 0 Å². The Morgan fingerprint density at radius 1 is 1.24 bits per heavy atom. The van der Waals surface area contributed by atoms with Crippen molar-refractivity contribution in [2.45, 2.75) is 50.0 Å². The van der Waals surface area contributed by atoms with Crippen molar-refractivity contribution >= 4 is 15.5 Å². The van der Waals surface area contributed by atoms with E-state index in [0.717, 1.165) is 37.9 Å². The summed E-state index contributed by atoms with van der Waals surface area (Å²) in [5.74, 6) is 0.692. The molecule has 21 heavy (non-hydrogen) atoms. The van der Waals surface area contributed by atoms with Gasteiger partial charge in [-0.3, -0.25) is 0 Å². The number of anilines is 1. The van der Waals surface area contributed by atoms with Crippen LogP contribution in [-0.2, 0) is 9.84 Å². The predicted octanol–water partition coefficient (Wildman–Crippen LogP) is 2.83. The highest BCUT2D eigenvalue weighted by Crippen LogP contribution is 2.25. The molecule has 0 spiro atoms. The van der Waals surface area contributed by atoms with Crippen molar-refractivity contribution in [2.24, 2.45) is 5.92 Å². The Kier molecular flexibility index (Phi) is 5.65. The van der Waals surface area contributed by atoms with Crippen molar-refractivity contribution in [3.05, 3.63) is 24.3 Å². The minimum absolute atomic E-state index is 0.160. The summed E-state index contributed by atoms with van der Waals surface area (Å²) >= 11 is 0. The summed E-state index contributed by atoms with van der Waals surface area (Å²) in [6.07, 6.45) is 4.48. The lowest BCUT2D eigenvalue weighted by Gasteiger charge is -2.26. The Labute approximate surface area is 127 Å². The maximum Gasteiger partial charge on any atom is 0.178 e. The van der Waals surface area contributed by atoms with Crippen molar-refractivity contribution in [3.63, 3.8) is 0 Å². The van der Waals surface area contributed by atoms with Gasteiger partial charge in [0, 0.05) is 12.2 Å². The summed E-state index contributed by atoms with van der Waals surface area (Å²) in [6.45, 7) is 2.70. The molecule has 1 fully saturated rings. The van der Waals surface area contributed by atoms with Crippen molar-refractivity contribution in [2.75, 3.05) is 17.6 Å². The SMILES string of the molecule is CCCS(=O)(=O)c1ccc(NCC2CCCC(O)C2)cc1. The number of sulfone groups is 1. The Balaban J connectivity index is 1.90. The average molecular weight is 311 g/mol. The van der Waals surface area contributed by atoms with E-state index in [0.29, 0.717) is 17.2 Å². The second kappa shape index (κ2) is 7.27. The molecule has 1 aliphatic carbocycles. The highest BCUT2D eigenvalue weighted by atomic mass is 32.2. The van der Waals surface area contributed by atoms with E-state index in [1.807, 2.05) is 19.1 Å². The molecule has 1 aromatic rings. The van der Waals surface area contributed by atoms with Crippen LogP contribution in [-0.4, -0.2) is 31.9 Å². The Bertz CT molecular complexity index is 539. The average Bonchev–Trinajstić information content (AvgIpc) is 2.46. The van der Waals surface area contributed by atoms with E-state index in [4.69, 9.17) is 0 Å². The molecule has 118 valence electrons. The first-order chi connectivity index (χ1) is 10.0. The van der Waals surface area contributed by atoms with Gasteiger partial charge in [0.05, 0.1) is 16.8 Å². The monoisotopic (exact) mass is 311 g/mol. The molecule has 5 heteroatoms. The van der Waals surface area contributed by atoms with Crippen LogP contribution in [0.15, 0.2) is 29.2 Å². The van der Waals surface area contributed by atoms with Gasteiger partial charge in [0.2, 0.25) is 0 Å². The summed E-state index contributed by atoms with van der Waals surface area (Å²) in [5.41, 5.74) is 0.936. The van der Waals surface area contributed by atoms with E-state index in [9.17, 15) is 13.5 Å². The zero-order valence-corrected chi connectivity index (χ0v) is 13.4. The van der Waals surface area contributed by atoms with E-state index in [2.05, 4.69) is 5.32 Å². The standard InChI is InChI=1S/C16H25NO3S/c1-2-10-21(19,20)16-8-6-14(7-9-16)17-12-13-4-3-5-15(18)11-13/h6-9,13,15,17-18H,2-5,10-12H2,1H3. The lowest BCUT2D eigenvalue weighted by molar-refractivity contribution is 0.105. The van der Waals surface area contributed by atoms with Crippen molar-refractivity contribution in [1.82, 2.24) is 0 Å². The number of aliphatic hydroxyl groups excluding tert-OH is 1. The predicted molar refractivity (Wildman–Crippen MR) is 85.2 cm³/mol. The van der Waals surface area contributed by atoms with Crippen molar-refractivity contribution in [1.29, 1.82) is 0 Å². The lowest BCUT2D eigenvalue weighted by atomic mass is 9.87. The van der Waals surface area contributed by atoms with Crippen LogP contribution in [0.25, 0.3) is 0 Å². The second-order valence-corrected chi connectivity index (χ2v) is 8.02. The largest absolute Gasteiger partial charge is 0.393 e. The first-order valence-corrected chi connectivity index (χ1v) is 9.41. The number of aliphatic hydroxyl groups is 1. The third-order valence-electron chi connectivity index (χ3n) is 4.04. The van der Waals surface area contributed by atoms with E-state index in [-0.39, 0.29) is 11.9 Å². The molecule has 0 aromatic heterocycles. The minimum Gasteiger partial charge on any atom is -0.393 e. The van der Waals surface area contributed by atoms with Crippen LogP contribution < -0.4 is 5.32 Å². The molecule has 0 aliphatic heterocycles. The van der Waals surface area contributed by atoms with Gasteiger partial charge in [-0.2, -0.15) is 0 Å². The van der Waals surface area contributed by atoms with Crippen LogP contribution in [0, 0.1) is 5.92 Å². The van der Waals surface area contributed by atoms with Gasteiger partial charge in [-0.15, -0.1) is 0 Å². The molecule has 4 nitrogen and oxygen atoms in total. The summed E-state index contributed by atoms with van der Waals surface area (Å²) < 4.78 is 23.9. The molecule has 0 saturated heterocycles. The third kappa shape index (κ3) is 4.71. The number of hydrogen-bond donors (Lipinski definition) is 2. The second-order valence-electron chi connectivity index (χ2n) is 5.91. The molecule has 2 unspecified atom stereocenters. The summed E-state index contributed by atoms with van der Waals surface area (Å²) in [4.78, 5) is 0.392. The first kappa shape index (κ1) is 16.3. The normalized spacial score (nSPS) is 23.0. The van der Waals surface area contributed by atoms with Gasteiger partial charge < -0.3 is 10.4 Å². The molecule has 1 aliphatic rings. The van der Waals surface area contributed by atoms with E-state index in [1.165, 1.54) is 0 Å². The van der Waals surface area contributed by atoms with Gasteiger partial charge in [-0.25, -0.2) is 8.42 Å². The van der Waals surface area contributed by atoms with Crippen LogP contribution in [0.5, 0.6) is 0 Å². The molecule has 2 atom stereocenters. The number of nitrogens with one attached hydrogen (secondary N) is 1. The summed E-state index contributed by atoms with van der Waals surface area (Å²) in [5, 5.41) is 13.0. The van der Waals surface area contributed by atoms with E-state index >= 15 is 0 Å². The fourth-order valence-electron chi connectivity index (χ4n) is 2.88. The fraction of sp³-hybridized carbons (Fsp3) is 0.625. The Morgan fingerprint density at radius 3 is 2.57 bits per heavy atom. The van der Waals surface area contributed by atoms with Crippen molar-refractivity contribution in [3.8, 4) is 0 Å². The third-order valence-corrected chi connectivity index (χ3v) is 5.97. The molecule has 0 bridgehead atoms. The van der Waals surface area contributed by atoms with Crippen LogP contribution >= 0.6 is 0 Å². The molecule has 2 N–H and O–H groups in total. The number of hydrogen-bond acceptors (Lipinski definition) is 4.